The Morgan fingerprint density at radius 1 is 1.47 bits per heavy atom. The zero-order valence-electron chi connectivity index (χ0n) is 11.0. The van der Waals surface area contributed by atoms with Crippen LogP contribution in [0.15, 0.2) is 24.3 Å². The Labute approximate surface area is 112 Å². The minimum Gasteiger partial charge on any atom is -0.481 e. The highest BCUT2D eigenvalue weighted by Gasteiger charge is 2.28. The van der Waals surface area contributed by atoms with Gasteiger partial charge in [-0.1, -0.05) is 18.2 Å². The van der Waals surface area contributed by atoms with E-state index in [1.54, 1.807) is 18.2 Å². The molecule has 1 heterocycles. The Hall–Kier alpha value is -1.42. The number of halogens is 1. The summed E-state index contributed by atoms with van der Waals surface area (Å²) in [5, 5.41) is 9.27. The van der Waals surface area contributed by atoms with Gasteiger partial charge in [0.25, 0.3) is 0 Å². The number of carboxylic acids is 1. The fourth-order valence-corrected chi connectivity index (χ4v) is 2.58. The van der Waals surface area contributed by atoms with Crippen molar-refractivity contribution >= 4 is 5.97 Å². The van der Waals surface area contributed by atoms with Crippen molar-refractivity contribution in [2.24, 2.45) is 5.92 Å². The van der Waals surface area contributed by atoms with Gasteiger partial charge in [0.15, 0.2) is 0 Å². The van der Waals surface area contributed by atoms with Gasteiger partial charge >= 0.3 is 5.97 Å². The number of rotatable bonds is 5. The summed E-state index contributed by atoms with van der Waals surface area (Å²) in [7, 11) is 0. The summed E-state index contributed by atoms with van der Waals surface area (Å²) in [6.45, 7) is 1.99. The molecule has 0 amide bonds. The van der Waals surface area contributed by atoms with Crippen molar-refractivity contribution in [2.45, 2.75) is 44.8 Å². The lowest BCUT2D eigenvalue weighted by molar-refractivity contribution is -0.143. The van der Waals surface area contributed by atoms with E-state index in [1.807, 2.05) is 6.92 Å². The summed E-state index contributed by atoms with van der Waals surface area (Å²) in [4.78, 5) is 11.3. The van der Waals surface area contributed by atoms with Gasteiger partial charge in [0.2, 0.25) is 0 Å². The predicted molar refractivity (Wildman–Crippen MR) is 69.4 cm³/mol. The highest BCUT2D eigenvalue weighted by molar-refractivity contribution is 5.70. The summed E-state index contributed by atoms with van der Waals surface area (Å²) < 4.78 is 19.2. The largest absolute Gasteiger partial charge is 0.481 e. The standard InChI is InChI=1S/C15H19FO3/c1-10-6-7-13(19-10)9-12(15(17)18)8-11-4-2-3-5-14(11)16/h2-5,10,12-13H,6-9H2,1H3,(H,17,18). The normalized spacial score (nSPS) is 24.3. The average Bonchev–Trinajstić information content (AvgIpc) is 2.76. The molecule has 0 spiro atoms. The third-order valence-corrected chi connectivity index (χ3v) is 3.64. The first-order valence-corrected chi connectivity index (χ1v) is 6.68. The van der Waals surface area contributed by atoms with Gasteiger partial charge in [0.05, 0.1) is 18.1 Å². The van der Waals surface area contributed by atoms with Crippen LogP contribution in [0.5, 0.6) is 0 Å². The van der Waals surface area contributed by atoms with Gasteiger partial charge in [-0.3, -0.25) is 4.79 Å². The summed E-state index contributed by atoms with van der Waals surface area (Å²) in [5.41, 5.74) is 0.459. The Kier molecular flexibility index (Phi) is 4.53. The molecule has 104 valence electrons. The lowest BCUT2D eigenvalue weighted by Crippen LogP contribution is -2.23. The molecule has 0 saturated carbocycles. The van der Waals surface area contributed by atoms with Crippen LogP contribution in [0, 0.1) is 11.7 Å². The van der Waals surface area contributed by atoms with Crippen molar-refractivity contribution in [3.63, 3.8) is 0 Å². The van der Waals surface area contributed by atoms with Crippen LogP contribution in [0.2, 0.25) is 0 Å². The Morgan fingerprint density at radius 2 is 2.21 bits per heavy atom. The first kappa shape index (κ1) is 14.0. The molecular formula is C15H19FO3. The van der Waals surface area contributed by atoms with Crippen LogP contribution >= 0.6 is 0 Å². The SMILES string of the molecule is CC1CCC(CC(Cc2ccccc2F)C(=O)O)O1. The van der Waals surface area contributed by atoms with Crippen LogP contribution in [-0.4, -0.2) is 23.3 Å². The molecule has 3 atom stereocenters. The van der Waals surface area contributed by atoms with Gasteiger partial charge in [0, 0.05) is 0 Å². The monoisotopic (exact) mass is 266 g/mol. The first-order valence-electron chi connectivity index (χ1n) is 6.68. The Balaban J connectivity index is 2.00. The molecule has 1 aromatic carbocycles. The molecule has 1 aliphatic rings. The molecule has 0 radical (unpaired) electrons. The maximum absolute atomic E-state index is 13.6. The lowest BCUT2D eigenvalue weighted by atomic mass is 9.92. The van der Waals surface area contributed by atoms with E-state index in [2.05, 4.69) is 0 Å². The molecule has 1 aromatic rings. The molecule has 1 fully saturated rings. The van der Waals surface area contributed by atoms with E-state index < -0.39 is 11.9 Å². The summed E-state index contributed by atoms with van der Waals surface area (Å²) in [6, 6.07) is 6.34. The smallest absolute Gasteiger partial charge is 0.306 e. The van der Waals surface area contributed by atoms with Crippen molar-refractivity contribution in [1.82, 2.24) is 0 Å². The second-order valence-electron chi connectivity index (χ2n) is 5.21. The fraction of sp³-hybridized carbons (Fsp3) is 0.533. The number of aliphatic carboxylic acids is 1. The molecule has 0 bridgehead atoms. The van der Waals surface area contributed by atoms with Crippen LogP contribution in [0.25, 0.3) is 0 Å². The molecular weight excluding hydrogens is 247 g/mol. The van der Waals surface area contributed by atoms with Gasteiger partial charge < -0.3 is 9.84 Å². The van der Waals surface area contributed by atoms with Gasteiger partial charge in [-0.2, -0.15) is 0 Å². The molecule has 1 saturated heterocycles. The van der Waals surface area contributed by atoms with E-state index in [9.17, 15) is 14.3 Å². The highest BCUT2D eigenvalue weighted by Crippen LogP contribution is 2.26. The minimum absolute atomic E-state index is 0.0112. The minimum atomic E-state index is -0.883. The molecule has 4 heteroatoms. The third-order valence-electron chi connectivity index (χ3n) is 3.64. The summed E-state index contributed by atoms with van der Waals surface area (Å²) >= 11 is 0. The van der Waals surface area contributed by atoms with E-state index in [0.29, 0.717) is 12.0 Å². The van der Waals surface area contributed by atoms with Crippen LogP contribution in [0.3, 0.4) is 0 Å². The summed E-state index contributed by atoms with van der Waals surface area (Å²) in [5.74, 6) is -1.81. The van der Waals surface area contributed by atoms with Crippen LogP contribution in [-0.2, 0) is 16.0 Å². The average molecular weight is 266 g/mol. The molecule has 3 nitrogen and oxygen atoms in total. The lowest BCUT2D eigenvalue weighted by Gasteiger charge is -2.17. The maximum Gasteiger partial charge on any atom is 0.306 e. The predicted octanol–water partition coefficient (Wildman–Crippen LogP) is 3.03. The zero-order valence-corrected chi connectivity index (χ0v) is 11.0. The van der Waals surface area contributed by atoms with Crippen LogP contribution in [0.1, 0.15) is 31.7 Å². The van der Waals surface area contributed by atoms with Gasteiger partial charge in [0.1, 0.15) is 5.82 Å². The van der Waals surface area contributed by atoms with E-state index in [1.165, 1.54) is 6.07 Å². The van der Waals surface area contributed by atoms with Gasteiger partial charge in [-0.15, -0.1) is 0 Å². The van der Waals surface area contributed by atoms with E-state index >= 15 is 0 Å². The fourth-order valence-electron chi connectivity index (χ4n) is 2.58. The van der Waals surface area contributed by atoms with Crippen LogP contribution in [0.4, 0.5) is 4.39 Å². The molecule has 0 aromatic heterocycles. The number of hydrogen-bond acceptors (Lipinski definition) is 2. The van der Waals surface area contributed by atoms with Crippen molar-refractivity contribution in [1.29, 1.82) is 0 Å². The molecule has 19 heavy (non-hydrogen) atoms. The zero-order chi connectivity index (χ0) is 13.8. The molecule has 1 N–H and O–H groups in total. The number of ether oxygens (including phenoxy) is 1. The van der Waals surface area contributed by atoms with Crippen molar-refractivity contribution in [3.05, 3.63) is 35.6 Å². The van der Waals surface area contributed by atoms with E-state index in [0.717, 1.165) is 12.8 Å². The molecule has 0 aliphatic carbocycles. The van der Waals surface area contributed by atoms with E-state index in [4.69, 9.17) is 4.74 Å². The first-order chi connectivity index (χ1) is 9.06. The van der Waals surface area contributed by atoms with Crippen LogP contribution < -0.4 is 0 Å². The molecule has 3 unspecified atom stereocenters. The maximum atomic E-state index is 13.6. The van der Waals surface area contributed by atoms with Gasteiger partial charge in [-0.25, -0.2) is 4.39 Å². The topological polar surface area (TPSA) is 46.5 Å². The Morgan fingerprint density at radius 3 is 2.79 bits per heavy atom. The van der Waals surface area contributed by atoms with E-state index in [-0.39, 0.29) is 24.4 Å². The number of carboxylic acid groups (broad SMARTS) is 1. The quantitative estimate of drug-likeness (QED) is 0.891. The van der Waals surface area contributed by atoms with Crippen molar-refractivity contribution in [3.8, 4) is 0 Å². The summed E-state index contributed by atoms with van der Waals surface area (Å²) in [6.07, 6.45) is 2.72. The van der Waals surface area contributed by atoms with Crippen molar-refractivity contribution < 1.29 is 19.0 Å². The molecule has 2 rings (SSSR count). The third kappa shape index (κ3) is 3.77. The van der Waals surface area contributed by atoms with Gasteiger partial charge in [-0.05, 0) is 44.2 Å². The molecule has 1 aliphatic heterocycles. The number of carbonyl (C=O) groups is 1. The second-order valence-corrected chi connectivity index (χ2v) is 5.21. The Bertz CT molecular complexity index is 447. The second kappa shape index (κ2) is 6.15. The number of benzene rings is 1. The highest BCUT2D eigenvalue weighted by atomic mass is 19.1. The number of hydrogen-bond donors (Lipinski definition) is 1. The van der Waals surface area contributed by atoms with Crippen molar-refractivity contribution in [2.75, 3.05) is 0 Å².